The topological polar surface area (TPSA) is 50.4 Å². The molecule has 1 aliphatic heterocycles. The lowest BCUT2D eigenvalue weighted by atomic mass is 10.00. The van der Waals surface area contributed by atoms with Gasteiger partial charge in [0.2, 0.25) is 0 Å². The molecule has 1 aromatic rings. The van der Waals surface area contributed by atoms with E-state index in [1.165, 1.54) is 6.42 Å². The van der Waals surface area contributed by atoms with Gasteiger partial charge in [-0.25, -0.2) is 0 Å². The summed E-state index contributed by atoms with van der Waals surface area (Å²) in [6.07, 6.45) is 2.45. The predicted molar refractivity (Wildman–Crippen MR) is 92.0 cm³/mol. The van der Waals surface area contributed by atoms with Crippen molar-refractivity contribution in [1.82, 2.24) is 10.6 Å². The van der Waals surface area contributed by atoms with E-state index >= 15 is 0 Å². The molecule has 0 aromatic heterocycles. The molecule has 0 bridgehead atoms. The van der Waals surface area contributed by atoms with Gasteiger partial charge < -0.3 is 15.4 Å². The number of amides is 1. The van der Waals surface area contributed by atoms with E-state index in [-0.39, 0.29) is 18.3 Å². The summed E-state index contributed by atoms with van der Waals surface area (Å²) in [6.45, 7) is 4.69. The Bertz CT molecular complexity index is 465. The van der Waals surface area contributed by atoms with Crippen LogP contribution in [0, 0.1) is 5.92 Å². The first kappa shape index (κ1) is 19.1. The van der Waals surface area contributed by atoms with Gasteiger partial charge in [0.25, 0.3) is 5.91 Å². The standard InChI is InChI=1S/C16H23ClN2O2.ClH/c1-2-14(21-15-8-4-3-7-13(15)17)16(20)19-11-12-6-5-9-18-10-12;/h3-4,7-8,12,14,18H,2,5-6,9-11H2,1H3,(H,19,20);1H. The molecule has 6 heteroatoms. The first-order valence-corrected chi connectivity index (χ1v) is 7.98. The predicted octanol–water partition coefficient (Wildman–Crippen LogP) is 3.04. The van der Waals surface area contributed by atoms with E-state index in [9.17, 15) is 4.79 Å². The Hall–Kier alpha value is -0.970. The average Bonchev–Trinajstić information content (AvgIpc) is 2.53. The normalized spacial score (nSPS) is 18.9. The van der Waals surface area contributed by atoms with Crippen molar-refractivity contribution < 1.29 is 9.53 Å². The van der Waals surface area contributed by atoms with Crippen LogP contribution in [0.3, 0.4) is 0 Å². The maximum absolute atomic E-state index is 12.2. The number of benzene rings is 1. The van der Waals surface area contributed by atoms with Crippen LogP contribution in [-0.4, -0.2) is 31.6 Å². The summed E-state index contributed by atoms with van der Waals surface area (Å²) in [6, 6.07) is 7.23. The highest BCUT2D eigenvalue weighted by molar-refractivity contribution is 6.32. The number of piperidine rings is 1. The number of halogens is 2. The van der Waals surface area contributed by atoms with E-state index in [0.717, 1.165) is 19.5 Å². The molecule has 0 spiro atoms. The molecule has 0 radical (unpaired) electrons. The van der Waals surface area contributed by atoms with E-state index in [2.05, 4.69) is 10.6 Å². The number of ether oxygens (including phenoxy) is 1. The minimum atomic E-state index is -0.499. The number of rotatable bonds is 6. The SMILES string of the molecule is CCC(Oc1ccccc1Cl)C(=O)NCC1CCCNC1.Cl. The largest absolute Gasteiger partial charge is 0.479 e. The molecule has 2 unspecified atom stereocenters. The lowest BCUT2D eigenvalue weighted by molar-refractivity contribution is -0.128. The molecule has 1 amide bonds. The summed E-state index contributed by atoms with van der Waals surface area (Å²) in [7, 11) is 0. The quantitative estimate of drug-likeness (QED) is 0.832. The molecule has 0 aliphatic carbocycles. The van der Waals surface area contributed by atoms with Gasteiger partial charge in [-0.2, -0.15) is 0 Å². The van der Waals surface area contributed by atoms with Crippen molar-refractivity contribution in [3.05, 3.63) is 29.3 Å². The van der Waals surface area contributed by atoms with Crippen molar-refractivity contribution in [3.63, 3.8) is 0 Å². The van der Waals surface area contributed by atoms with Crippen LogP contribution in [0.1, 0.15) is 26.2 Å². The molecule has 4 nitrogen and oxygen atoms in total. The summed E-state index contributed by atoms with van der Waals surface area (Å²) in [4.78, 5) is 12.2. The number of carbonyl (C=O) groups excluding carboxylic acids is 1. The number of carbonyl (C=O) groups is 1. The van der Waals surface area contributed by atoms with Crippen LogP contribution in [0.25, 0.3) is 0 Å². The molecule has 1 aliphatic rings. The molecule has 1 fully saturated rings. The summed E-state index contributed by atoms with van der Waals surface area (Å²) < 4.78 is 5.74. The molecule has 2 rings (SSSR count). The zero-order valence-corrected chi connectivity index (χ0v) is 14.4. The van der Waals surface area contributed by atoms with Crippen LogP contribution in [-0.2, 0) is 4.79 Å². The van der Waals surface area contributed by atoms with Crippen molar-refractivity contribution in [2.24, 2.45) is 5.92 Å². The zero-order chi connectivity index (χ0) is 15.1. The van der Waals surface area contributed by atoms with Crippen molar-refractivity contribution in [2.45, 2.75) is 32.3 Å². The fourth-order valence-electron chi connectivity index (χ4n) is 2.47. The fraction of sp³-hybridized carbons (Fsp3) is 0.562. The van der Waals surface area contributed by atoms with Gasteiger partial charge >= 0.3 is 0 Å². The Morgan fingerprint density at radius 3 is 2.91 bits per heavy atom. The van der Waals surface area contributed by atoms with Gasteiger partial charge in [0.05, 0.1) is 5.02 Å². The third-order valence-electron chi connectivity index (χ3n) is 3.73. The Labute approximate surface area is 143 Å². The number of para-hydroxylation sites is 1. The molecule has 124 valence electrons. The van der Waals surface area contributed by atoms with Gasteiger partial charge in [-0.1, -0.05) is 30.7 Å². The second-order valence-corrected chi connectivity index (χ2v) is 5.81. The maximum Gasteiger partial charge on any atom is 0.261 e. The van der Waals surface area contributed by atoms with Crippen LogP contribution < -0.4 is 15.4 Å². The van der Waals surface area contributed by atoms with E-state index in [1.54, 1.807) is 12.1 Å². The highest BCUT2D eigenvalue weighted by Crippen LogP contribution is 2.24. The second-order valence-electron chi connectivity index (χ2n) is 5.40. The third kappa shape index (κ3) is 5.67. The molecule has 1 saturated heterocycles. The maximum atomic E-state index is 12.2. The van der Waals surface area contributed by atoms with Gasteiger partial charge in [-0.05, 0) is 50.4 Å². The van der Waals surface area contributed by atoms with E-state index in [0.29, 0.717) is 29.7 Å². The third-order valence-corrected chi connectivity index (χ3v) is 4.05. The molecule has 22 heavy (non-hydrogen) atoms. The van der Waals surface area contributed by atoms with Crippen molar-refractivity contribution in [3.8, 4) is 5.75 Å². The molecular weight excluding hydrogens is 323 g/mol. The number of hydrogen-bond donors (Lipinski definition) is 2. The first-order chi connectivity index (χ1) is 10.2. The van der Waals surface area contributed by atoms with Crippen molar-refractivity contribution in [1.29, 1.82) is 0 Å². The second kappa shape index (κ2) is 9.93. The van der Waals surface area contributed by atoms with E-state index in [1.807, 2.05) is 19.1 Å². The van der Waals surface area contributed by atoms with Crippen molar-refractivity contribution >= 4 is 29.9 Å². The lowest BCUT2D eigenvalue weighted by Crippen LogP contribution is -2.43. The molecular formula is C16H24Cl2N2O2. The van der Waals surface area contributed by atoms with Gasteiger partial charge in [0.15, 0.2) is 6.10 Å². The smallest absolute Gasteiger partial charge is 0.261 e. The van der Waals surface area contributed by atoms with Gasteiger partial charge in [-0.15, -0.1) is 12.4 Å². The summed E-state index contributed by atoms with van der Waals surface area (Å²) in [5.74, 6) is 1.00. The molecule has 0 saturated carbocycles. The highest BCUT2D eigenvalue weighted by atomic mass is 35.5. The van der Waals surface area contributed by atoms with Crippen molar-refractivity contribution in [2.75, 3.05) is 19.6 Å². The van der Waals surface area contributed by atoms with Gasteiger partial charge in [-0.3, -0.25) is 4.79 Å². The molecule has 2 N–H and O–H groups in total. The molecule has 1 aromatic carbocycles. The van der Waals surface area contributed by atoms with E-state index < -0.39 is 6.10 Å². The Kier molecular flexibility index (Phi) is 8.61. The molecule has 2 atom stereocenters. The number of nitrogens with one attached hydrogen (secondary N) is 2. The summed E-state index contributed by atoms with van der Waals surface area (Å²) >= 11 is 6.06. The Morgan fingerprint density at radius 1 is 1.50 bits per heavy atom. The zero-order valence-electron chi connectivity index (χ0n) is 12.8. The minimum Gasteiger partial charge on any atom is -0.479 e. The monoisotopic (exact) mass is 346 g/mol. The van der Waals surface area contributed by atoms with Gasteiger partial charge in [0.1, 0.15) is 5.75 Å². The van der Waals surface area contributed by atoms with Crippen LogP contribution in [0.5, 0.6) is 5.75 Å². The summed E-state index contributed by atoms with van der Waals surface area (Å²) in [5, 5.41) is 6.87. The highest BCUT2D eigenvalue weighted by Gasteiger charge is 2.21. The van der Waals surface area contributed by atoms with Crippen LogP contribution in [0.4, 0.5) is 0 Å². The number of hydrogen-bond acceptors (Lipinski definition) is 3. The Morgan fingerprint density at radius 2 is 2.27 bits per heavy atom. The lowest BCUT2D eigenvalue weighted by Gasteiger charge is -2.24. The minimum absolute atomic E-state index is 0. The molecule has 1 heterocycles. The Balaban J connectivity index is 0.00000242. The first-order valence-electron chi connectivity index (χ1n) is 7.60. The summed E-state index contributed by atoms with van der Waals surface area (Å²) in [5.41, 5.74) is 0. The van der Waals surface area contributed by atoms with Gasteiger partial charge in [0, 0.05) is 6.54 Å². The van der Waals surface area contributed by atoms with E-state index in [4.69, 9.17) is 16.3 Å². The average molecular weight is 347 g/mol. The fourth-order valence-corrected chi connectivity index (χ4v) is 2.65. The van der Waals surface area contributed by atoms with Crippen LogP contribution in [0.2, 0.25) is 5.02 Å². The van der Waals surface area contributed by atoms with Crippen LogP contribution >= 0.6 is 24.0 Å². The van der Waals surface area contributed by atoms with Crippen LogP contribution in [0.15, 0.2) is 24.3 Å².